The molecule has 6 nitrogen and oxygen atoms in total. The summed E-state index contributed by atoms with van der Waals surface area (Å²) < 4.78 is 29.5. The van der Waals surface area contributed by atoms with E-state index in [1.165, 1.54) is 6.07 Å². The third-order valence-corrected chi connectivity index (χ3v) is 5.53. The molecule has 0 spiro atoms. The van der Waals surface area contributed by atoms with Crippen LogP contribution in [0, 0.1) is 11.6 Å². The van der Waals surface area contributed by atoms with Crippen LogP contribution in [0.5, 0.6) is 0 Å². The van der Waals surface area contributed by atoms with Crippen LogP contribution in [0.3, 0.4) is 0 Å². The fraction of sp³-hybridized carbons (Fsp3) is 0.200. The maximum absolute atomic E-state index is 14.1. The molecule has 3 aromatic heterocycles. The molecule has 1 N–H and O–H groups in total. The molecule has 0 aliphatic heterocycles. The standard InChI is InChI=1S/C25H22F2N6/c1-15(2)33-12-9-21(32-33)25-24(17-3-7-20-22(14-17)29-11-10-28-20)30-23(31-25)8-4-16-13-18(26)5-6-19(16)27/h3,5-7,9-15H,4,8H2,1-2H3,(H,30,31). The lowest BCUT2D eigenvalue weighted by Gasteiger charge is -2.04. The molecule has 0 atom stereocenters. The summed E-state index contributed by atoms with van der Waals surface area (Å²) in [6, 6.07) is 11.5. The van der Waals surface area contributed by atoms with Gasteiger partial charge in [-0.3, -0.25) is 14.6 Å². The molecule has 166 valence electrons. The van der Waals surface area contributed by atoms with Gasteiger partial charge in [-0.25, -0.2) is 13.8 Å². The van der Waals surface area contributed by atoms with Crippen molar-refractivity contribution in [3.05, 3.63) is 84.1 Å². The van der Waals surface area contributed by atoms with Crippen molar-refractivity contribution in [1.29, 1.82) is 0 Å². The predicted octanol–water partition coefficient (Wildman–Crippen LogP) is 5.53. The maximum Gasteiger partial charge on any atom is 0.126 e. The van der Waals surface area contributed by atoms with Crippen LogP contribution in [0.1, 0.15) is 31.3 Å². The molecule has 0 radical (unpaired) electrons. The molecule has 3 heterocycles. The zero-order chi connectivity index (χ0) is 22.9. The van der Waals surface area contributed by atoms with Crippen LogP contribution in [-0.2, 0) is 12.8 Å². The average Bonchev–Trinajstić information content (AvgIpc) is 3.47. The minimum absolute atomic E-state index is 0.219. The first-order chi connectivity index (χ1) is 16.0. The van der Waals surface area contributed by atoms with Crippen LogP contribution in [0.4, 0.5) is 8.78 Å². The lowest BCUT2D eigenvalue weighted by atomic mass is 10.1. The molecule has 8 heteroatoms. The lowest BCUT2D eigenvalue weighted by molar-refractivity contribution is 0.534. The monoisotopic (exact) mass is 444 g/mol. The second kappa shape index (κ2) is 8.54. The average molecular weight is 444 g/mol. The van der Waals surface area contributed by atoms with E-state index in [-0.39, 0.29) is 6.04 Å². The fourth-order valence-electron chi connectivity index (χ4n) is 3.79. The molecule has 33 heavy (non-hydrogen) atoms. The molecule has 0 unspecified atom stereocenters. The van der Waals surface area contributed by atoms with Gasteiger partial charge in [0.15, 0.2) is 0 Å². The fourth-order valence-corrected chi connectivity index (χ4v) is 3.79. The largest absolute Gasteiger partial charge is 0.340 e. The van der Waals surface area contributed by atoms with Gasteiger partial charge in [-0.1, -0.05) is 6.07 Å². The number of imidazole rings is 1. The van der Waals surface area contributed by atoms with Gasteiger partial charge in [0.1, 0.15) is 23.2 Å². The Bertz CT molecular complexity index is 1440. The second-order valence-corrected chi connectivity index (χ2v) is 8.18. The van der Waals surface area contributed by atoms with E-state index in [9.17, 15) is 8.78 Å². The zero-order valence-electron chi connectivity index (χ0n) is 18.3. The highest BCUT2D eigenvalue weighted by atomic mass is 19.1. The number of H-pyrrole nitrogens is 1. The number of hydrogen-bond donors (Lipinski definition) is 1. The summed E-state index contributed by atoms with van der Waals surface area (Å²) in [6.07, 6.45) is 5.98. The highest BCUT2D eigenvalue weighted by Gasteiger charge is 2.18. The van der Waals surface area contributed by atoms with Crippen LogP contribution in [0.25, 0.3) is 33.7 Å². The number of hydrogen-bond acceptors (Lipinski definition) is 4. The van der Waals surface area contributed by atoms with Crippen molar-refractivity contribution in [2.45, 2.75) is 32.7 Å². The molecule has 0 fully saturated rings. The van der Waals surface area contributed by atoms with Gasteiger partial charge in [0.2, 0.25) is 0 Å². The summed E-state index contributed by atoms with van der Waals surface area (Å²) in [5.41, 5.74) is 5.01. The van der Waals surface area contributed by atoms with Crippen LogP contribution in [0.15, 0.2) is 61.1 Å². The first-order valence-corrected chi connectivity index (χ1v) is 10.8. The number of benzene rings is 2. The van der Waals surface area contributed by atoms with Gasteiger partial charge in [-0.15, -0.1) is 0 Å². The van der Waals surface area contributed by atoms with Crippen LogP contribution < -0.4 is 0 Å². The van der Waals surface area contributed by atoms with E-state index in [0.29, 0.717) is 24.2 Å². The molecular weight excluding hydrogens is 422 g/mol. The van der Waals surface area contributed by atoms with E-state index in [4.69, 9.17) is 10.1 Å². The van der Waals surface area contributed by atoms with Crippen LogP contribution in [-0.4, -0.2) is 29.7 Å². The predicted molar refractivity (Wildman–Crippen MR) is 122 cm³/mol. The van der Waals surface area contributed by atoms with Crippen LogP contribution in [0.2, 0.25) is 0 Å². The third kappa shape index (κ3) is 4.24. The van der Waals surface area contributed by atoms with Crippen molar-refractivity contribution in [2.75, 3.05) is 0 Å². The van der Waals surface area contributed by atoms with E-state index in [1.807, 2.05) is 35.1 Å². The van der Waals surface area contributed by atoms with Crippen molar-refractivity contribution >= 4 is 11.0 Å². The normalized spacial score (nSPS) is 11.5. The molecule has 0 aliphatic carbocycles. The van der Waals surface area contributed by atoms with E-state index >= 15 is 0 Å². The first-order valence-electron chi connectivity index (χ1n) is 10.8. The van der Waals surface area contributed by atoms with Crippen molar-refractivity contribution in [3.8, 4) is 22.6 Å². The number of aromatic nitrogens is 6. The molecule has 0 amide bonds. The van der Waals surface area contributed by atoms with Crippen LogP contribution >= 0.6 is 0 Å². The lowest BCUT2D eigenvalue weighted by Crippen LogP contribution is -2.01. The Morgan fingerprint density at radius 1 is 0.939 bits per heavy atom. The number of nitrogens with one attached hydrogen (secondary N) is 1. The van der Waals surface area contributed by atoms with Gasteiger partial charge in [0.25, 0.3) is 0 Å². The smallest absolute Gasteiger partial charge is 0.126 e. The van der Waals surface area contributed by atoms with Gasteiger partial charge in [0.05, 0.1) is 22.4 Å². The highest BCUT2D eigenvalue weighted by molar-refractivity contribution is 5.84. The molecule has 5 rings (SSSR count). The SMILES string of the molecule is CC(C)n1ccc(-c2[nH]c(CCc3cc(F)ccc3F)nc2-c2ccc3nccnc3c2)n1. The minimum Gasteiger partial charge on any atom is -0.340 e. The molecule has 0 saturated carbocycles. The van der Waals surface area contributed by atoms with E-state index in [1.54, 1.807) is 12.4 Å². The zero-order valence-corrected chi connectivity index (χ0v) is 18.3. The summed E-state index contributed by atoms with van der Waals surface area (Å²) in [6.45, 7) is 4.12. The van der Waals surface area contributed by atoms with Crippen molar-refractivity contribution in [2.24, 2.45) is 0 Å². The number of aryl methyl sites for hydroxylation is 2. The molecule has 2 aromatic carbocycles. The van der Waals surface area contributed by atoms with Gasteiger partial charge >= 0.3 is 0 Å². The molecule has 0 saturated heterocycles. The molecular formula is C25H22F2N6. The van der Waals surface area contributed by atoms with Gasteiger partial charge in [-0.2, -0.15) is 5.10 Å². The van der Waals surface area contributed by atoms with Crippen molar-refractivity contribution < 1.29 is 8.78 Å². The second-order valence-electron chi connectivity index (χ2n) is 8.18. The Hall–Kier alpha value is -3.94. The minimum atomic E-state index is -0.455. The van der Waals surface area contributed by atoms with Gasteiger partial charge in [-0.05, 0) is 62.2 Å². The molecule has 0 aliphatic rings. The van der Waals surface area contributed by atoms with E-state index in [2.05, 4.69) is 28.8 Å². The van der Waals surface area contributed by atoms with Gasteiger partial charge in [0, 0.05) is 36.6 Å². The Kier molecular flexibility index (Phi) is 5.42. The van der Waals surface area contributed by atoms with Crippen molar-refractivity contribution in [3.63, 3.8) is 0 Å². The summed E-state index contributed by atoms with van der Waals surface area (Å²) in [7, 11) is 0. The quantitative estimate of drug-likeness (QED) is 0.374. The maximum atomic E-state index is 14.1. The first kappa shape index (κ1) is 20.9. The number of rotatable bonds is 6. The molecule has 0 bridgehead atoms. The summed E-state index contributed by atoms with van der Waals surface area (Å²) in [5, 5.41) is 4.69. The topological polar surface area (TPSA) is 72.3 Å². The van der Waals surface area contributed by atoms with E-state index in [0.717, 1.165) is 45.8 Å². The van der Waals surface area contributed by atoms with Crippen molar-refractivity contribution in [1.82, 2.24) is 29.7 Å². The summed E-state index contributed by atoms with van der Waals surface area (Å²) >= 11 is 0. The highest BCUT2D eigenvalue weighted by Crippen LogP contribution is 2.31. The number of halogens is 2. The Labute approximate surface area is 189 Å². The number of fused-ring (bicyclic) bond motifs is 1. The number of aromatic amines is 1. The Balaban J connectivity index is 1.55. The molecule has 5 aromatic rings. The Morgan fingerprint density at radius 3 is 2.55 bits per heavy atom. The third-order valence-electron chi connectivity index (χ3n) is 5.53. The summed E-state index contributed by atoms with van der Waals surface area (Å²) in [5.74, 6) is -0.210. The van der Waals surface area contributed by atoms with Gasteiger partial charge < -0.3 is 4.98 Å². The number of nitrogens with zero attached hydrogens (tertiary/aromatic N) is 5. The van der Waals surface area contributed by atoms with E-state index < -0.39 is 11.6 Å². The Morgan fingerprint density at radius 2 is 1.76 bits per heavy atom. The summed E-state index contributed by atoms with van der Waals surface area (Å²) in [4.78, 5) is 16.9.